The van der Waals surface area contributed by atoms with Gasteiger partial charge in [0.15, 0.2) is 0 Å². The van der Waals surface area contributed by atoms with Crippen molar-refractivity contribution in [2.75, 3.05) is 33.9 Å². The number of ether oxygens (including phenoxy) is 2. The molecule has 0 aliphatic rings. The van der Waals surface area contributed by atoms with Crippen molar-refractivity contribution in [1.29, 1.82) is 0 Å². The first kappa shape index (κ1) is 16.9. The molecule has 6 heteroatoms. The maximum absolute atomic E-state index is 11.1. The summed E-state index contributed by atoms with van der Waals surface area (Å²) in [7, 11) is 3.30. The third-order valence-electron chi connectivity index (χ3n) is 2.69. The number of carbonyl (C=O) groups is 1. The Hall–Kier alpha value is -1.11. The topological polar surface area (TPSA) is 59.6 Å². The molecule has 112 valence electrons. The SMILES string of the molecule is CNC(=O)CCOc1ccc(Br)c(CNCCOC)c1. The highest BCUT2D eigenvalue weighted by Gasteiger charge is 2.04. The van der Waals surface area contributed by atoms with Crippen molar-refractivity contribution in [2.45, 2.75) is 13.0 Å². The molecule has 0 bridgehead atoms. The molecule has 0 radical (unpaired) electrons. The van der Waals surface area contributed by atoms with Crippen LogP contribution in [0.1, 0.15) is 12.0 Å². The molecule has 0 saturated carbocycles. The zero-order chi connectivity index (χ0) is 14.8. The lowest BCUT2D eigenvalue weighted by atomic mass is 10.2. The number of carbonyl (C=O) groups excluding carboxylic acids is 1. The van der Waals surface area contributed by atoms with Crippen LogP contribution in [0.5, 0.6) is 5.75 Å². The van der Waals surface area contributed by atoms with Gasteiger partial charge < -0.3 is 20.1 Å². The van der Waals surface area contributed by atoms with E-state index in [1.54, 1.807) is 14.2 Å². The van der Waals surface area contributed by atoms with E-state index >= 15 is 0 Å². The number of hydrogen-bond donors (Lipinski definition) is 2. The van der Waals surface area contributed by atoms with Gasteiger partial charge in [-0.15, -0.1) is 0 Å². The Labute approximate surface area is 128 Å². The molecule has 0 unspecified atom stereocenters. The lowest BCUT2D eigenvalue weighted by Gasteiger charge is -2.10. The molecule has 1 aromatic rings. The van der Waals surface area contributed by atoms with Crippen LogP contribution in [0.3, 0.4) is 0 Å². The molecule has 0 aromatic heterocycles. The van der Waals surface area contributed by atoms with E-state index in [0.717, 1.165) is 28.9 Å². The normalized spacial score (nSPS) is 10.3. The summed E-state index contributed by atoms with van der Waals surface area (Å²) >= 11 is 3.51. The summed E-state index contributed by atoms with van der Waals surface area (Å²) in [5.41, 5.74) is 1.11. The van der Waals surface area contributed by atoms with Gasteiger partial charge in [-0.2, -0.15) is 0 Å². The van der Waals surface area contributed by atoms with Gasteiger partial charge in [-0.3, -0.25) is 4.79 Å². The molecular weight excluding hydrogens is 324 g/mol. The summed E-state index contributed by atoms with van der Waals surface area (Å²) in [5.74, 6) is 0.740. The molecule has 0 spiro atoms. The minimum Gasteiger partial charge on any atom is -0.493 e. The van der Waals surface area contributed by atoms with Crippen molar-refractivity contribution < 1.29 is 14.3 Å². The largest absolute Gasteiger partial charge is 0.493 e. The molecule has 5 nitrogen and oxygen atoms in total. The van der Waals surface area contributed by atoms with Crippen molar-refractivity contribution in [1.82, 2.24) is 10.6 Å². The Kier molecular flexibility index (Phi) is 8.25. The molecule has 0 aliphatic carbocycles. The second kappa shape index (κ2) is 9.74. The highest BCUT2D eigenvalue weighted by atomic mass is 79.9. The highest BCUT2D eigenvalue weighted by molar-refractivity contribution is 9.10. The van der Waals surface area contributed by atoms with Gasteiger partial charge in [-0.25, -0.2) is 0 Å². The second-order valence-electron chi connectivity index (χ2n) is 4.19. The lowest BCUT2D eigenvalue weighted by molar-refractivity contribution is -0.121. The van der Waals surface area contributed by atoms with Crippen LogP contribution in [0, 0.1) is 0 Å². The molecule has 1 aromatic carbocycles. The van der Waals surface area contributed by atoms with Crippen LogP contribution in [0.2, 0.25) is 0 Å². The van der Waals surface area contributed by atoms with Crippen LogP contribution in [0.15, 0.2) is 22.7 Å². The van der Waals surface area contributed by atoms with E-state index < -0.39 is 0 Å². The van der Waals surface area contributed by atoms with Crippen LogP contribution in [0.4, 0.5) is 0 Å². The molecule has 0 fully saturated rings. The van der Waals surface area contributed by atoms with E-state index in [4.69, 9.17) is 9.47 Å². The summed E-state index contributed by atoms with van der Waals surface area (Å²) in [6.45, 7) is 2.58. The van der Waals surface area contributed by atoms with E-state index in [0.29, 0.717) is 19.6 Å². The van der Waals surface area contributed by atoms with Crippen LogP contribution in [0.25, 0.3) is 0 Å². The summed E-state index contributed by atoms with van der Waals surface area (Å²) in [4.78, 5) is 11.1. The molecule has 1 rings (SSSR count). The third-order valence-corrected chi connectivity index (χ3v) is 3.47. The van der Waals surface area contributed by atoms with Crippen LogP contribution in [-0.4, -0.2) is 39.8 Å². The predicted octanol–water partition coefficient (Wildman–Crippen LogP) is 1.70. The summed E-state index contributed by atoms with van der Waals surface area (Å²) in [6, 6.07) is 5.79. The molecule has 2 N–H and O–H groups in total. The number of nitrogens with one attached hydrogen (secondary N) is 2. The van der Waals surface area contributed by atoms with Crippen molar-refractivity contribution in [3.05, 3.63) is 28.2 Å². The van der Waals surface area contributed by atoms with E-state index in [1.807, 2.05) is 18.2 Å². The summed E-state index contributed by atoms with van der Waals surface area (Å²) < 4.78 is 11.6. The zero-order valence-electron chi connectivity index (χ0n) is 11.9. The fourth-order valence-electron chi connectivity index (χ4n) is 1.56. The fraction of sp³-hybridized carbons (Fsp3) is 0.500. The Morgan fingerprint density at radius 1 is 1.35 bits per heavy atom. The molecule has 1 amide bonds. The minimum atomic E-state index is -0.0245. The molecule has 0 saturated heterocycles. The van der Waals surface area contributed by atoms with Crippen molar-refractivity contribution >= 4 is 21.8 Å². The average molecular weight is 345 g/mol. The van der Waals surface area contributed by atoms with Gasteiger partial charge in [-0.1, -0.05) is 15.9 Å². The average Bonchev–Trinajstić information content (AvgIpc) is 2.46. The first-order valence-electron chi connectivity index (χ1n) is 6.49. The fourth-order valence-corrected chi connectivity index (χ4v) is 1.95. The number of benzene rings is 1. The van der Waals surface area contributed by atoms with Gasteiger partial charge in [0.1, 0.15) is 5.75 Å². The van der Waals surface area contributed by atoms with Gasteiger partial charge in [-0.05, 0) is 23.8 Å². The van der Waals surface area contributed by atoms with Crippen molar-refractivity contribution in [2.24, 2.45) is 0 Å². The molecular formula is C14H21BrN2O3. The maximum Gasteiger partial charge on any atom is 0.223 e. The lowest BCUT2D eigenvalue weighted by Crippen LogP contribution is -2.20. The summed E-state index contributed by atoms with van der Waals surface area (Å²) in [6.07, 6.45) is 0.355. The van der Waals surface area contributed by atoms with Gasteiger partial charge in [0.05, 0.1) is 19.6 Å². The van der Waals surface area contributed by atoms with Crippen LogP contribution >= 0.6 is 15.9 Å². The number of halogens is 1. The molecule has 0 aliphatic heterocycles. The molecule has 20 heavy (non-hydrogen) atoms. The van der Waals surface area contributed by atoms with Crippen molar-refractivity contribution in [3.63, 3.8) is 0 Å². The van der Waals surface area contributed by atoms with E-state index in [1.165, 1.54) is 0 Å². The monoisotopic (exact) mass is 344 g/mol. The maximum atomic E-state index is 11.1. The number of rotatable bonds is 9. The number of hydrogen-bond acceptors (Lipinski definition) is 4. The Morgan fingerprint density at radius 2 is 2.15 bits per heavy atom. The molecule has 0 heterocycles. The van der Waals surface area contributed by atoms with E-state index in [2.05, 4.69) is 26.6 Å². The van der Waals surface area contributed by atoms with Crippen molar-refractivity contribution in [3.8, 4) is 5.75 Å². The van der Waals surface area contributed by atoms with Gasteiger partial charge in [0, 0.05) is 31.7 Å². The van der Waals surface area contributed by atoms with Gasteiger partial charge in [0.2, 0.25) is 5.91 Å². The van der Waals surface area contributed by atoms with Gasteiger partial charge in [0.25, 0.3) is 0 Å². The Bertz CT molecular complexity index is 427. The first-order chi connectivity index (χ1) is 9.67. The quantitative estimate of drug-likeness (QED) is 0.669. The minimum absolute atomic E-state index is 0.0245. The van der Waals surface area contributed by atoms with E-state index in [-0.39, 0.29) is 5.91 Å². The highest BCUT2D eigenvalue weighted by Crippen LogP contribution is 2.22. The second-order valence-corrected chi connectivity index (χ2v) is 5.05. The van der Waals surface area contributed by atoms with Gasteiger partial charge >= 0.3 is 0 Å². The van der Waals surface area contributed by atoms with Crippen LogP contribution in [-0.2, 0) is 16.1 Å². The smallest absolute Gasteiger partial charge is 0.223 e. The van der Waals surface area contributed by atoms with E-state index in [9.17, 15) is 4.79 Å². The Morgan fingerprint density at radius 3 is 2.85 bits per heavy atom. The first-order valence-corrected chi connectivity index (χ1v) is 7.28. The number of amides is 1. The third kappa shape index (κ3) is 6.36. The molecule has 0 atom stereocenters. The zero-order valence-corrected chi connectivity index (χ0v) is 13.5. The van der Waals surface area contributed by atoms with Crippen LogP contribution < -0.4 is 15.4 Å². The Balaban J connectivity index is 2.46. The standard InChI is InChI=1S/C14H21BrN2O3/c1-16-14(18)5-7-20-12-3-4-13(15)11(9-12)10-17-6-8-19-2/h3-4,9,17H,5-8,10H2,1-2H3,(H,16,18). The number of methoxy groups -OCH3 is 1. The summed E-state index contributed by atoms with van der Waals surface area (Å²) in [5, 5.41) is 5.84. The predicted molar refractivity (Wildman–Crippen MR) is 81.9 cm³/mol.